The number of pyridine rings is 1. The van der Waals surface area contributed by atoms with E-state index in [1.807, 2.05) is 0 Å². The van der Waals surface area contributed by atoms with E-state index in [1.165, 1.54) is 12.1 Å². The van der Waals surface area contributed by atoms with E-state index < -0.39 is 22.0 Å². The fraction of sp³-hybridized carbons (Fsp3) is 0.240. The molecule has 1 aliphatic rings. The van der Waals surface area contributed by atoms with Crippen LogP contribution in [0.15, 0.2) is 67.0 Å². The van der Waals surface area contributed by atoms with Gasteiger partial charge in [0.25, 0.3) is 0 Å². The van der Waals surface area contributed by atoms with E-state index in [1.54, 1.807) is 54.9 Å². The molecule has 2 aromatic heterocycles. The van der Waals surface area contributed by atoms with Gasteiger partial charge in [-0.1, -0.05) is 36.4 Å². The number of piperidine rings is 1. The predicted molar refractivity (Wildman–Crippen MR) is 135 cm³/mol. The third-order valence-corrected chi connectivity index (χ3v) is 7.07. The van der Waals surface area contributed by atoms with Crippen molar-refractivity contribution in [3.05, 3.63) is 78.4 Å². The summed E-state index contributed by atoms with van der Waals surface area (Å²) in [5.41, 5.74) is 2.01. The van der Waals surface area contributed by atoms with Crippen LogP contribution in [0, 0.1) is 5.82 Å². The molecule has 2 aromatic carbocycles. The Kier molecular flexibility index (Phi) is 6.75. The number of hydrogen-bond donors (Lipinski definition) is 3. The van der Waals surface area contributed by atoms with Gasteiger partial charge in [0.15, 0.2) is 0 Å². The molecule has 5 rings (SSSR count). The number of aromatic nitrogens is 3. The molecule has 8 nitrogen and oxygen atoms in total. The molecule has 0 unspecified atom stereocenters. The average Bonchev–Trinajstić information content (AvgIpc) is 2.85. The van der Waals surface area contributed by atoms with Gasteiger partial charge in [-0.3, -0.25) is 9.71 Å². The molecule has 1 fully saturated rings. The lowest BCUT2D eigenvalue weighted by molar-refractivity contribution is 0.254. The first-order valence-corrected chi connectivity index (χ1v) is 13.1. The van der Waals surface area contributed by atoms with Crippen LogP contribution >= 0.6 is 0 Å². The second-order valence-corrected chi connectivity index (χ2v) is 10.4. The number of sulfonamides is 1. The third kappa shape index (κ3) is 5.74. The minimum Gasteiger partial charge on any atom is -0.350 e. The molecule has 11 heteroatoms. The number of nitrogens with one attached hydrogen (secondary N) is 3. The van der Waals surface area contributed by atoms with E-state index >= 15 is 0 Å². The van der Waals surface area contributed by atoms with Crippen molar-refractivity contribution >= 4 is 32.6 Å². The number of fused-ring (bicyclic) bond motifs is 1. The Labute approximate surface area is 207 Å². The second-order valence-electron chi connectivity index (χ2n) is 8.70. The Morgan fingerprint density at radius 1 is 1.03 bits per heavy atom. The summed E-state index contributed by atoms with van der Waals surface area (Å²) >= 11 is 0. The quantitative estimate of drug-likeness (QED) is 0.346. The maximum Gasteiger partial charge on any atom is 0.237 e. The monoisotopic (exact) mass is 510 g/mol. The zero-order valence-electron chi connectivity index (χ0n) is 19.2. The molecule has 0 amide bonds. The normalized spacial score (nSPS) is 18.2. The van der Waals surface area contributed by atoms with Crippen molar-refractivity contribution in [2.45, 2.75) is 24.4 Å². The predicted octanol–water partition coefficient (Wildman–Crippen LogP) is 3.88. The summed E-state index contributed by atoms with van der Waals surface area (Å²) in [6.07, 6.45) is 2.66. The molecule has 0 aliphatic carbocycles. The van der Waals surface area contributed by atoms with Gasteiger partial charge in [0.1, 0.15) is 12.0 Å². The zero-order chi connectivity index (χ0) is 25.1. The summed E-state index contributed by atoms with van der Waals surface area (Å²) in [5.74, 6) is -0.589. The first kappa shape index (κ1) is 24.0. The summed E-state index contributed by atoms with van der Waals surface area (Å²) < 4.78 is 55.6. The van der Waals surface area contributed by atoms with Crippen LogP contribution in [0.2, 0.25) is 0 Å². The lowest BCUT2D eigenvalue weighted by Gasteiger charge is -2.26. The molecule has 2 atom stereocenters. The van der Waals surface area contributed by atoms with Gasteiger partial charge >= 0.3 is 0 Å². The van der Waals surface area contributed by atoms with Crippen molar-refractivity contribution in [1.29, 1.82) is 0 Å². The van der Waals surface area contributed by atoms with Crippen LogP contribution < -0.4 is 15.4 Å². The zero-order valence-corrected chi connectivity index (χ0v) is 20.0. The van der Waals surface area contributed by atoms with E-state index in [0.29, 0.717) is 53.2 Å². The number of halogens is 2. The van der Waals surface area contributed by atoms with Gasteiger partial charge in [0, 0.05) is 42.7 Å². The number of nitrogens with zero attached hydrogens (tertiary/aromatic N) is 3. The second kappa shape index (κ2) is 10.1. The Morgan fingerprint density at radius 3 is 2.64 bits per heavy atom. The molecule has 0 spiro atoms. The highest BCUT2D eigenvalue weighted by Gasteiger charge is 2.21. The summed E-state index contributed by atoms with van der Waals surface area (Å²) in [7, 11) is -3.79. The van der Waals surface area contributed by atoms with E-state index in [0.717, 1.165) is 0 Å². The van der Waals surface area contributed by atoms with E-state index in [9.17, 15) is 17.2 Å². The highest BCUT2D eigenvalue weighted by atomic mass is 32.2. The maximum atomic E-state index is 14.8. The molecule has 0 saturated carbocycles. The van der Waals surface area contributed by atoms with Gasteiger partial charge in [-0.25, -0.2) is 27.2 Å². The van der Waals surface area contributed by atoms with Crippen LogP contribution in [0.1, 0.15) is 12.0 Å². The Bertz CT molecular complexity index is 1490. The highest BCUT2D eigenvalue weighted by Crippen LogP contribution is 2.26. The van der Waals surface area contributed by atoms with Gasteiger partial charge in [0.2, 0.25) is 16.0 Å². The van der Waals surface area contributed by atoms with Crippen LogP contribution in [0.3, 0.4) is 0 Å². The number of rotatable bonds is 7. The molecular formula is C25H24F2N6O2S. The molecular weight excluding hydrogens is 486 g/mol. The van der Waals surface area contributed by atoms with Crippen molar-refractivity contribution in [1.82, 2.24) is 20.3 Å². The first-order valence-electron chi connectivity index (χ1n) is 11.4. The topological polar surface area (TPSA) is 109 Å². The number of benzene rings is 2. The Balaban J connectivity index is 1.31. The fourth-order valence-electron chi connectivity index (χ4n) is 4.10. The fourth-order valence-corrected chi connectivity index (χ4v) is 5.30. The van der Waals surface area contributed by atoms with Crippen molar-refractivity contribution in [2.24, 2.45) is 0 Å². The minimum absolute atomic E-state index is 0.106. The smallest absolute Gasteiger partial charge is 0.237 e. The maximum absolute atomic E-state index is 14.8. The van der Waals surface area contributed by atoms with Gasteiger partial charge in [-0.05, 0) is 23.8 Å². The average molecular weight is 511 g/mol. The molecule has 36 heavy (non-hydrogen) atoms. The Morgan fingerprint density at radius 2 is 1.86 bits per heavy atom. The summed E-state index contributed by atoms with van der Waals surface area (Å²) in [6.45, 7) is 0.980. The summed E-state index contributed by atoms with van der Waals surface area (Å²) in [4.78, 5) is 13.1. The number of anilines is 2. The summed E-state index contributed by atoms with van der Waals surface area (Å²) in [6, 6.07) is 14.5. The van der Waals surface area contributed by atoms with E-state index in [4.69, 9.17) is 0 Å². The first-order chi connectivity index (χ1) is 17.3. The molecule has 3 N–H and O–H groups in total. The number of alkyl halides is 1. The van der Waals surface area contributed by atoms with E-state index in [2.05, 4.69) is 30.3 Å². The van der Waals surface area contributed by atoms with Crippen LogP contribution in [0.25, 0.3) is 22.2 Å². The van der Waals surface area contributed by atoms with Gasteiger partial charge < -0.3 is 10.6 Å². The van der Waals surface area contributed by atoms with Gasteiger partial charge in [-0.15, -0.1) is 0 Å². The largest absolute Gasteiger partial charge is 0.350 e. The Hall–Kier alpha value is -3.70. The SMILES string of the molecule is O=S(=O)(Cc1ccccc1)Nc1ccc(-c2cc3cnc(N[C@@H]4CNC[C@@H](F)C4)nc3cn2)cc1F. The van der Waals surface area contributed by atoms with Crippen molar-refractivity contribution < 1.29 is 17.2 Å². The molecule has 4 aromatic rings. The van der Waals surface area contributed by atoms with Crippen LogP contribution in [-0.4, -0.2) is 48.7 Å². The third-order valence-electron chi connectivity index (χ3n) is 5.83. The summed E-state index contributed by atoms with van der Waals surface area (Å²) in [5, 5.41) is 6.86. The standard InChI is InChI=1S/C25H24F2N6O2S/c26-19-10-20(13-28-12-19)31-25-30-11-18-9-23(29-14-24(18)32-25)17-6-7-22(21(27)8-17)33-36(34,35)15-16-4-2-1-3-5-16/h1-9,11,14,19-20,28,33H,10,12-13,15H2,(H,30,31,32)/t19-,20-/m0/s1. The molecule has 0 radical (unpaired) electrons. The van der Waals surface area contributed by atoms with Crippen LogP contribution in [-0.2, 0) is 15.8 Å². The van der Waals surface area contributed by atoms with Crippen molar-refractivity contribution in [3.63, 3.8) is 0 Å². The molecule has 0 bridgehead atoms. The number of hydrogen-bond acceptors (Lipinski definition) is 7. The van der Waals surface area contributed by atoms with Crippen molar-refractivity contribution in [2.75, 3.05) is 23.1 Å². The van der Waals surface area contributed by atoms with Crippen molar-refractivity contribution in [3.8, 4) is 11.3 Å². The lowest BCUT2D eigenvalue weighted by atomic mass is 10.1. The highest BCUT2D eigenvalue weighted by molar-refractivity contribution is 7.91. The molecule has 1 saturated heterocycles. The molecule has 3 heterocycles. The van der Waals surface area contributed by atoms with Crippen LogP contribution in [0.4, 0.5) is 20.4 Å². The van der Waals surface area contributed by atoms with E-state index in [-0.39, 0.29) is 17.5 Å². The lowest BCUT2D eigenvalue weighted by Crippen LogP contribution is -2.44. The van der Waals surface area contributed by atoms with Crippen LogP contribution in [0.5, 0.6) is 0 Å². The van der Waals surface area contributed by atoms with Gasteiger partial charge in [-0.2, -0.15) is 0 Å². The minimum atomic E-state index is -3.79. The van der Waals surface area contributed by atoms with Gasteiger partial charge in [0.05, 0.1) is 28.8 Å². The molecule has 1 aliphatic heterocycles. The molecule has 186 valence electrons.